The highest BCUT2D eigenvalue weighted by Gasteiger charge is 2.28. The fourth-order valence-corrected chi connectivity index (χ4v) is 2.74. The van der Waals surface area contributed by atoms with E-state index in [9.17, 15) is 4.79 Å². The van der Waals surface area contributed by atoms with Gasteiger partial charge in [-0.05, 0) is 6.92 Å². The van der Waals surface area contributed by atoms with Gasteiger partial charge in [0, 0.05) is 36.1 Å². The van der Waals surface area contributed by atoms with E-state index in [1.165, 1.54) is 6.92 Å². The predicted octanol–water partition coefficient (Wildman–Crippen LogP) is 3.22. The summed E-state index contributed by atoms with van der Waals surface area (Å²) in [7, 11) is 0. The van der Waals surface area contributed by atoms with Gasteiger partial charge in [0.25, 0.3) is 0 Å². The van der Waals surface area contributed by atoms with Gasteiger partial charge in [-0.1, -0.05) is 34.6 Å². The van der Waals surface area contributed by atoms with Crippen LogP contribution in [0, 0.1) is 6.92 Å². The Morgan fingerprint density at radius 3 is 2.39 bits per heavy atom. The number of aromatic nitrogens is 4. The number of hydrogen-bond acceptors (Lipinski definition) is 3. The largest absolute Gasteiger partial charge is 0.346 e. The van der Waals surface area contributed by atoms with Crippen molar-refractivity contribution in [2.24, 2.45) is 0 Å². The number of aromatic amines is 2. The molecule has 0 aliphatic carbocycles. The summed E-state index contributed by atoms with van der Waals surface area (Å²) in [6, 6.07) is 0. The van der Waals surface area contributed by atoms with E-state index in [1.807, 2.05) is 6.20 Å². The summed E-state index contributed by atoms with van der Waals surface area (Å²) in [6.45, 7) is 14.3. The molecule has 0 unspecified atom stereocenters. The van der Waals surface area contributed by atoms with Crippen molar-refractivity contribution in [1.29, 1.82) is 0 Å². The first-order valence-electron chi connectivity index (χ1n) is 7.88. The van der Waals surface area contributed by atoms with Gasteiger partial charge in [0.2, 0.25) is 11.9 Å². The molecule has 0 spiro atoms. The Morgan fingerprint density at radius 2 is 1.87 bits per heavy atom. The number of aryl methyl sites for hydroxylation is 1. The summed E-state index contributed by atoms with van der Waals surface area (Å²) in [5.74, 6) is 1.30. The van der Waals surface area contributed by atoms with Crippen LogP contribution >= 0.6 is 0 Å². The zero-order valence-corrected chi connectivity index (χ0v) is 15.1. The van der Waals surface area contributed by atoms with E-state index in [-0.39, 0.29) is 16.7 Å². The minimum Gasteiger partial charge on any atom is -0.346 e. The summed E-state index contributed by atoms with van der Waals surface area (Å²) in [6.07, 6.45) is 2.58. The number of carbonyl (C=O) groups excluding carboxylic acids is 1. The van der Waals surface area contributed by atoms with Gasteiger partial charge >= 0.3 is 0 Å². The molecule has 0 atom stereocenters. The summed E-state index contributed by atoms with van der Waals surface area (Å²) in [4.78, 5) is 26.8. The van der Waals surface area contributed by atoms with Crippen LogP contribution < -0.4 is 5.32 Å². The molecule has 126 valence electrons. The average molecular weight is 317 g/mol. The number of anilines is 1. The molecule has 6 nitrogen and oxygen atoms in total. The highest BCUT2D eigenvalue weighted by atomic mass is 16.1. The Bertz CT molecular complexity index is 703. The van der Waals surface area contributed by atoms with Gasteiger partial charge in [-0.2, -0.15) is 0 Å². The molecule has 0 aliphatic heterocycles. The molecule has 0 bridgehead atoms. The number of hydrogen-bond donors (Lipinski definition) is 3. The first-order chi connectivity index (χ1) is 10.5. The zero-order chi connectivity index (χ0) is 17.4. The van der Waals surface area contributed by atoms with Crippen molar-refractivity contribution < 1.29 is 4.79 Å². The van der Waals surface area contributed by atoms with E-state index in [0.717, 1.165) is 29.3 Å². The SMILES string of the molecule is CC(=O)Nc1nc(C(C)(C)Cc2nc(C(C)(C)C)c(C)[nH]2)c[nH]1. The lowest BCUT2D eigenvalue weighted by Gasteiger charge is -2.21. The molecular weight excluding hydrogens is 290 g/mol. The number of nitrogens with zero attached hydrogens (tertiary/aromatic N) is 2. The van der Waals surface area contributed by atoms with Crippen LogP contribution in [0.4, 0.5) is 5.95 Å². The van der Waals surface area contributed by atoms with Crippen LogP contribution in [0.1, 0.15) is 64.4 Å². The standard InChI is InChI=1S/C17H27N5O/c1-10-14(16(3,4)5)22-13(19-10)8-17(6,7)12-9-18-15(21-12)20-11(2)23/h9H,8H2,1-7H3,(H,19,22)(H2,18,20,21,23). The number of rotatable bonds is 4. The molecule has 0 saturated carbocycles. The van der Waals surface area contributed by atoms with Crippen LogP contribution in [0.5, 0.6) is 0 Å². The van der Waals surface area contributed by atoms with Gasteiger partial charge in [0.05, 0.1) is 11.4 Å². The maximum absolute atomic E-state index is 11.1. The second kappa shape index (κ2) is 5.83. The van der Waals surface area contributed by atoms with Crippen molar-refractivity contribution in [2.45, 2.75) is 65.7 Å². The molecule has 2 heterocycles. The Balaban J connectivity index is 2.21. The highest BCUT2D eigenvalue weighted by Crippen LogP contribution is 2.29. The average Bonchev–Trinajstić information content (AvgIpc) is 2.94. The molecular formula is C17H27N5O. The number of carbonyl (C=O) groups is 1. The van der Waals surface area contributed by atoms with E-state index >= 15 is 0 Å². The maximum atomic E-state index is 11.1. The first-order valence-corrected chi connectivity index (χ1v) is 7.88. The number of imidazole rings is 2. The maximum Gasteiger partial charge on any atom is 0.223 e. The summed E-state index contributed by atoms with van der Waals surface area (Å²) in [5, 5.41) is 2.67. The molecule has 3 N–H and O–H groups in total. The zero-order valence-electron chi connectivity index (χ0n) is 15.1. The van der Waals surface area contributed by atoms with E-state index in [4.69, 9.17) is 4.98 Å². The second-order valence-electron chi connectivity index (χ2n) is 7.78. The predicted molar refractivity (Wildman–Crippen MR) is 91.6 cm³/mol. The molecule has 0 radical (unpaired) electrons. The van der Waals surface area contributed by atoms with Gasteiger partial charge in [0.1, 0.15) is 5.82 Å². The summed E-state index contributed by atoms with van der Waals surface area (Å²) >= 11 is 0. The van der Waals surface area contributed by atoms with Crippen molar-refractivity contribution in [3.63, 3.8) is 0 Å². The van der Waals surface area contributed by atoms with Crippen molar-refractivity contribution in [1.82, 2.24) is 19.9 Å². The van der Waals surface area contributed by atoms with E-state index in [1.54, 1.807) is 0 Å². The Hall–Kier alpha value is -2.11. The van der Waals surface area contributed by atoms with Crippen molar-refractivity contribution in [2.75, 3.05) is 5.32 Å². The van der Waals surface area contributed by atoms with Crippen LogP contribution in [0.3, 0.4) is 0 Å². The minimum absolute atomic E-state index is 0.0217. The van der Waals surface area contributed by atoms with Gasteiger partial charge in [0.15, 0.2) is 0 Å². The molecule has 0 aliphatic rings. The molecule has 23 heavy (non-hydrogen) atoms. The molecule has 0 aromatic carbocycles. The van der Waals surface area contributed by atoms with Crippen molar-refractivity contribution >= 4 is 11.9 Å². The molecule has 2 aromatic rings. The second-order valence-corrected chi connectivity index (χ2v) is 7.78. The van der Waals surface area contributed by atoms with Gasteiger partial charge in [-0.15, -0.1) is 0 Å². The van der Waals surface area contributed by atoms with Crippen LogP contribution in [0.15, 0.2) is 6.20 Å². The monoisotopic (exact) mass is 317 g/mol. The Kier molecular flexibility index (Phi) is 4.37. The lowest BCUT2D eigenvalue weighted by molar-refractivity contribution is -0.114. The van der Waals surface area contributed by atoms with E-state index in [2.05, 4.69) is 61.8 Å². The molecule has 2 rings (SSSR count). The first kappa shape index (κ1) is 17.2. The quantitative estimate of drug-likeness (QED) is 0.809. The lowest BCUT2D eigenvalue weighted by atomic mass is 9.86. The molecule has 2 aromatic heterocycles. The Morgan fingerprint density at radius 1 is 1.22 bits per heavy atom. The molecule has 0 saturated heterocycles. The molecule has 0 fully saturated rings. The van der Waals surface area contributed by atoms with E-state index in [0.29, 0.717) is 5.95 Å². The molecule has 6 heteroatoms. The van der Waals surface area contributed by atoms with E-state index < -0.39 is 0 Å². The van der Waals surface area contributed by atoms with Gasteiger partial charge in [-0.25, -0.2) is 9.97 Å². The Labute approximate surface area is 137 Å². The highest BCUT2D eigenvalue weighted by molar-refractivity contribution is 5.86. The lowest BCUT2D eigenvalue weighted by Crippen LogP contribution is -2.22. The number of nitrogens with one attached hydrogen (secondary N) is 3. The third-order valence-corrected chi connectivity index (χ3v) is 3.82. The number of amides is 1. The minimum atomic E-state index is -0.202. The van der Waals surface area contributed by atoms with Gasteiger partial charge in [-0.3, -0.25) is 10.1 Å². The third-order valence-electron chi connectivity index (χ3n) is 3.82. The van der Waals surface area contributed by atoms with Crippen LogP contribution in [0.2, 0.25) is 0 Å². The fourth-order valence-electron chi connectivity index (χ4n) is 2.74. The summed E-state index contributed by atoms with van der Waals surface area (Å²) < 4.78 is 0. The van der Waals surface area contributed by atoms with Crippen molar-refractivity contribution in [3.05, 3.63) is 29.1 Å². The smallest absolute Gasteiger partial charge is 0.223 e. The van der Waals surface area contributed by atoms with Crippen molar-refractivity contribution in [3.8, 4) is 0 Å². The molecule has 1 amide bonds. The van der Waals surface area contributed by atoms with Crippen LogP contribution in [0.25, 0.3) is 0 Å². The summed E-state index contributed by atoms with van der Waals surface area (Å²) in [5.41, 5.74) is 2.93. The van der Waals surface area contributed by atoms with Crippen LogP contribution in [-0.4, -0.2) is 25.8 Å². The topological polar surface area (TPSA) is 86.5 Å². The fraction of sp³-hybridized carbons (Fsp3) is 0.588. The normalized spacial score (nSPS) is 12.5. The van der Waals surface area contributed by atoms with Gasteiger partial charge < -0.3 is 9.97 Å². The number of H-pyrrole nitrogens is 2. The third kappa shape index (κ3) is 4.00. The van der Waals surface area contributed by atoms with Crippen LogP contribution in [-0.2, 0) is 22.0 Å².